The quantitative estimate of drug-likeness (QED) is 0.864. The van der Waals surface area contributed by atoms with Crippen LogP contribution in [0.2, 0.25) is 5.02 Å². The van der Waals surface area contributed by atoms with E-state index < -0.39 is 0 Å². The first kappa shape index (κ1) is 18.2. The number of anilines is 1. The van der Waals surface area contributed by atoms with E-state index in [1.54, 1.807) is 0 Å². The number of halogens is 1. The Morgan fingerprint density at radius 3 is 2.70 bits per heavy atom. The van der Waals surface area contributed by atoms with Gasteiger partial charge in [-0.1, -0.05) is 17.7 Å². The predicted molar refractivity (Wildman–Crippen MR) is 93.9 cm³/mol. The smallest absolute Gasteiger partial charge is 0.238 e. The average molecular weight is 340 g/mol. The summed E-state index contributed by atoms with van der Waals surface area (Å²) in [6.07, 6.45) is 0. The molecule has 1 heterocycles. The van der Waals surface area contributed by atoms with Crippen LogP contribution in [-0.4, -0.2) is 61.6 Å². The van der Waals surface area contributed by atoms with Gasteiger partial charge in [0.2, 0.25) is 5.91 Å². The van der Waals surface area contributed by atoms with E-state index in [1.165, 1.54) is 0 Å². The molecule has 1 aromatic carbocycles. The molecular formula is C17H26ClN3O2. The van der Waals surface area contributed by atoms with Gasteiger partial charge in [-0.25, -0.2) is 0 Å². The summed E-state index contributed by atoms with van der Waals surface area (Å²) in [5, 5.41) is 3.59. The van der Waals surface area contributed by atoms with Gasteiger partial charge < -0.3 is 10.1 Å². The number of ether oxygens (including phenoxy) is 1. The highest BCUT2D eigenvalue weighted by molar-refractivity contribution is 6.31. The van der Waals surface area contributed by atoms with E-state index in [-0.39, 0.29) is 5.91 Å². The fraction of sp³-hybridized carbons (Fsp3) is 0.588. The zero-order valence-corrected chi connectivity index (χ0v) is 14.9. The summed E-state index contributed by atoms with van der Waals surface area (Å²) in [6.45, 7) is 8.70. The van der Waals surface area contributed by atoms with Crippen LogP contribution in [0.15, 0.2) is 18.2 Å². The Morgan fingerprint density at radius 1 is 1.39 bits per heavy atom. The van der Waals surface area contributed by atoms with Crippen molar-refractivity contribution in [3.63, 3.8) is 0 Å². The minimum Gasteiger partial charge on any atom is -0.379 e. The van der Waals surface area contributed by atoms with Crippen LogP contribution >= 0.6 is 11.6 Å². The largest absolute Gasteiger partial charge is 0.379 e. The second kappa shape index (κ2) is 8.64. The first-order valence-electron chi connectivity index (χ1n) is 8.04. The molecule has 0 radical (unpaired) electrons. The van der Waals surface area contributed by atoms with Crippen molar-refractivity contribution in [2.45, 2.75) is 26.4 Å². The molecule has 0 aromatic heterocycles. The first-order valence-corrected chi connectivity index (χ1v) is 8.42. The normalized spacial score (nSPS) is 16.1. The van der Waals surface area contributed by atoms with E-state index in [0.717, 1.165) is 44.1 Å². The Morgan fingerprint density at radius 2 is 2.09 bits per heavy atom. The Hall–Kier alpha value is -1.14. The summed E-state index contributed by atoms with van der Waals surface area (Å²) in [5.41, 5.74) is 1.81. The Labute approximate surface area is 143 Å². The molecule has 0 spiro atoms. The number of rotatable bonds is 6. The van der Waals surface area contributed by atoms with Gasteiger partial charge in [-0.15, -0.1) is 0 Å². The van der Waals surface area contributed by atoms with Gasteiger partial charge in [0.15, 0.2) is 0 Å². The van der Waals surface area contributed by atoms with E-state index in [4.69, 9.17) is 16.3 Å². The average Bonchev–Trinajstić information content (AvgIpc) is 2.51. The van der Waals surface area contributed by atoms with Gasteiger partial charge in [0, 0.05) is 36.4 Å². The second-order valence-electron chi connectivity index (χ2n) is 6.25. The number of likely N-dealkylation sites (N-methyl/N-ethyl adjacent to an activating group) is 1. The van der Waals surface area contributed by atoms with Crippen molar-refractivity contribution in [1.82, 2.24) is 9.80 Å². The lowest BCUT2D eigenvalue weighted by Gasteiger charge is -2.27. The lowest BCUT2D eigenvalue weighted by atomic mass is 10.2. The Kier molecular flexibility index (Phi) is 6.84. The minimum absolute atomic E-state index is 0.0294. The maximum absolute atomic E-state index is 12.0. The summed E-state index contributed by atoms with van der Waals surface area (Å²) in [6, 6.07) is 6.05. The van der Waals surface area contributed by atoms with Gasteiger partial charge in [-0.3, -0.25) is 14.6 Å². The van der Waals surface area contributed by atoms with Crippen molar-refractivity contribution in [2.24, 2.45) is 0 Å². The van der Waals surface area contributed by atoms with E-state index >= 15 is 0 Å². The van der Waals surface area contributed by atoms with Crippen LogP contribution in [-0.2, 0) is 16.1 Å². The van der Waals surface area contributed by atoms with Gasteiger partial charge in [0.25, 0.3) is 0 Å². The molecule has 5 nitrogen and oxygen atoms in total. The molecule has 1 aromatic rings. The Bertz CT molecular complexity index is 531. The molecule has 1 aliphatic rings. The number of nitrogens with zero attached hydrogens (tertiary/aromatic N) is 2. The SMILES string of the molecule is CC(C)N(C)CC(=O)Nc1ccc(CN2CCOCC2)c(Cl)c1. The molecule has 0 aliphatic carbocycles. The van der Waals surface area contributed by atoms with Crippen LogP contribution < -0.4 is 5.32 Å². The number of carbonyl (C=O) groups excluding carboxylic acids is 1. The van der Waals surface area contributed by atoms with Crippen LogP contribution in [0.1, 0.15) is 19.4 Å². The van der Waals surface area contributed by atoms with Crippen molar-refractivity contribution in [2.75, 3.05) is 45.2 Å². The van der Waals surface area contributed by atoms with Crippen LogP contribution in [0, 0.1) is 0 Å². The number of hydrogen-bond acceptors (Lipinski definition) is 4. The molecule has 0 saturated carbocycles. The lowest BCUT2D eigenvalue weighted by Crippen LogP contribution is -2.35. The molecule has 1 amide bonds. The third-order valence-electron chi connectivity index (χ3n) is 4.11. The lowest BCUT2D eigenvalue weighted by molar-refractivity contribution is -0.117. The van der Waals surface area contributed by atoms with Gasteiger partial charge in [-0.2, -0.15) is 0 Å². The van der Waals surface area contributed by atoms with Crippen molar-refractivity contribution in [1.29, 1.82) is 0 Å². The summed E-state index contributed by atoms with van der Waals surface area (Å²) >= 11 is 6.37. The number of morpholine rings is 1. The van der Waals surface area contributed by atoms with Crippen LogP contribution in [0.4, 0.5) is 5.69 Å². The zero-order valence-electron chi connectivity index (χ0n) is 14.1. The number of hydrogen-bond donors (Lipinski definition) is 1. The van der Waals surface area contributed by atoms with E-state index in [1.807, 2.05) is 30.1 Å². The second-order valence-corrected chi connectivity index (χ2v) is 6.66. The molecular weight excluding hydrogens is 314 g/mol. The third kappa shape index (κ3) is 5.77. The fourth-order valence-electron chi connectivity index (χ4n) is 2.36. The topological polar surface area (TPSA) is 44.8 Å². The van der Waals surface area contributed by atoms with Gasteiger partial charge >= 0.3 is 0 Å². The van der Waals surface area contributed by atoms with Crippen molar-refractivity contribution in [3.8, 4) is 0 Å². The summed E-state index contributed by atoms with van der Waals surface area (Å²) in [4.78, 5) is 16.3. The molecule has 0 atom stereocenters. The monoisotopic (exact) mass is 339 g/mol. The fourth-order valence-corrected chi connectivity index (χ4v) is 2.60. The minimum atomic E-state index is -0.0294. The number of amides is 1. The standard InChI is InChI=1S/C17H26ClN3O2/c1-13(2)20(3)12-17(22)19-15-5-4-14(16(18)10-15)11-21-6-8-23-9-7-21/h4-5,10,13H,6-9,11-12H2,1-3H3,(H,19,22). The zero-order chi connectivity index (χ0) is 16.8. The molecule has 23 heavy (non-hydrogen) atoms. The molecule has 0 bridgehead atoms. The maximum atomic E-state index is 12.0. The molecule has 128 valence electrons. The Balaban J connectivity index is 1.91. The van der Waals surface area contributed by atoms with Gasteiger partial charge in [0.05, 0.1) is 19.8 Å². The summed E-state index contributed by atoms with van der Waals surface area (Å²) in [5.74, 6) is -0.0294. The number of benzene rings is 1. The van der Waals surface area contributed by atoms with Crippen LogP contribution in [0.5, 0.6) is 0 Å². The highest BCUT2D eigenvalue weighted by atomic mass is 35.5. The highest BCUT2D eigenvalue weighted by Gasteiger charge is 2.14. The number of carbonyl (C=O) groups is 1. The maximum Gasteiger partial charge on any atom is 0.238 e. The van der Waals surface area contributed by atoms with Crippen molar-refractivity contribution >= 4 is 23.2 Å². The van der Waals surface area contributed by atoms with E-state index in [2.05, 4.69) is 24.1 Å². The van der Waals surface area contributed by atoms with Crippen LogP contribution in [0.3, 0.4) is 0 Å². The predicted octanol–water partition coefficient (Wildman–Crippen LogP) is 2.45. The van der Waals surface area contributed by atoms with Gasteiger partial charge in [0.1, 0.15) is 0 Å². The molecule has 1 N–H and O–H groups in total. The molecule has 1 saturated heterocycles. The summed E-state index contributed by atoms with van der Waals surface area (Å²) in [7, 11) is 1.93. The first-order chi connectivity index (χ1) is 11.0. The van der Waals surface area contributed by atoms with E-state index in [0.29, 0.717) is 17.6 Å². The molecule has 0 unspecified atom stereocenters. The molecule has 1 fully saturated rings. The summed E-state index contributed by atoms with van der Waals surface area (Å²) < 4.78 is 5.35. The highest BCUT2D eigenvalue weighted by Crippen LogP contribution is 2.22. The molecule has 6 heteroatoms. The van der Waals surface area contributed by atoms with Crippen molar-refractivity contribution in [3.05, 3.63) is 28.8 Å². The van der Waals surface area contributed by atoms with Crippen LogP contribution in [0.25, 0.3) is 0 Å². The molecule has 2 rings (SSSR count). The van der Waals surface area contributed by atoms with Gasteiger partial charge in [-0.05, 0) is 38.6 Å². The molecule has 1 aliphatic heterocycles. The third-order valence-corrected chi connectivity index (χ3v) is 4.46. The van der Waals surface area contributed by atoms with Crippen molar-refractivity contribution < 1.29 is 9.53 Å². The number of nitrogens with one attached hydrogen (secondary N) is 1. The van der Waals surface area contributed by atoms with E-state index in [9.17, 15) is 4.79 Å².